The van der Waals surface area contributed by atoms with E-state index in [-0.39, 0.29) is 5.91 Å². The maximum absolute atomic E-state index is 12.9. The number of sulfonamides is 1. The summed E-state index contributed by atoms with van der Waals surface area (Å²) in [5.41, 5.74) is 1.27. The Morgan fingerprint density at radius 2 is 1.54 bits per heavy atom. The molecule has 0 bridgehead atoms. The lowest BCUT2D eigenvalue weighted by molar-refractivity contribution is -0.137. The molecule has 0 aromatic heterocycles. The van der Waals surface area contributed by atoms with Gasteiger partial charge in [-0.15, -0.1) is 0 Å². The maximum atomic E-state index is 12.9. The van der Waals surface area contributed by atoms with Gasteiger partial charge < -0.3 is 4.90 Å². The van der Waals surface area contributed by atoms with Gasteiger partial charge in [0.05, 0.1) is 10.3 Å². The summed E-state index contributed by atoms with van der Waals surface area (Å²) in [6.07, 6.45) is 1.17. The molecule has 2 fully saturated rings. The number of anilines is 1. The Balaban J connectivity index is 1.47. The van der Waals surface area contributed by atoms with Gasteiger partial charge in [0.15, 0.2) is 0 Å². The topological polar surface area (TPSA) is 57.7 Å². The average Bonchev–Trinajstić information content (AvgIpc) is 2.67. The predicted octanol–water partition coefficient (Wildman–Crippen LogP) is 2.81. The number of carbonyl (C=O) groups excluding carboxylic acids is 1. The summed E-state index contributed by atoms with van der Waals surface area (Å²) in [5, 5.41) is 0. The highest BCUT2D eigenvalue weighted by molar-refractivity contribution is 7.89. The fraction of sp³-hybridized carbons (Fsp3) is 0.350. The van der Waals surface area contributed by atoms with Gasteiger partial charge in [0.2, 0.25) is 15.9 Å². The zero-order valence-electron chi connectivity index (χ0n) is 14.8. The maximum Gasteiger partial charge on any atom is 0.243 e. The highest BCUT2D eigenvalue weighted by Gasteiger charge is 2.54. The molecule has 0 N–H and O–H groups in total. The van der Waals surface area contributed by atoms with Crippen LogP contribution < -0.4 is 4.90 Å². The van der Waals surface area contributed by atoms with E-state index in [1.165, 1.54) is 4.31 Å². The first kappa shape index (κ1) is 17.2. The predicted molar refractivity (Wildman–Crippen MR) is 100 cm³/mol. The zero-order chi connectivity index (χ0) is 18.4. The molecule has 0 saturated carbocycles. The van der Waals surface area contributed by atoms with Gasteiger partial charge in [0.25, 0.3) is 0 Å². The molecule has 5 nitrogen and oxygen atoms in total. The lowest BCUT2D eigenvalue weighted by Gasteiger charge is -2.52. The van der Waals surface area contributed by atoms with E-state index >= 15 is 0 Å². The Bertz CT molecular complexity index is 933. The Morgan fingerprint density at radius 1 is 0.923 bits per heavy atom. The molecular formula is C20H22N2O3S. The molecule has 2 aromatic carbocycles. The van der Waals surface area contributed by atoms with Crippen molar-refractivity contribution in [3.8, 4) is 0 Å². The second-order valence-corrected chi connectivity index (χ2v) is 9.08. The molecule has 6 heteroatoms. The van der Waals surface area contributed by atoms with Gasteiger partial charge in [-0.2, -0.15) is 4.31 Å². The van der Waals surface area contributed by atoms with Crippen molar-refractivity contribution in [3.05, 3.63) is 60.2 Å². The minimum atomic E-state index is -3.50. The quantitative estimate of drug-likeness (QED) is 0.781. The minimum Gasteiger partial charge on any atom is -0.311 e. The number of aryl methyl sites for hydroxylation is 1. The minimum absolute atomic E-state index is 0.122. The number of β-lactam (4-membered cyclic amide) rings is 1. The average molecular weight is 370 g/mol. The number of benzene rings is 2. The van der Waals surface area contributed by atoms with E-state index in [0.29, 0.717) is 37.4 Å². The number of rotatable bonds is 3. The molecule has 0 atom stereocenters. The van der Waals surface area contributed by atoms with E-state index in [9.17, 15) is 13.2 Å². The molecule has 136 valence electrons. The number of amides is 1. The van der Waals surface area contributed by atoms with Crippen molar-refractivity contribution in [1.29, 1.82) is 0 Å². The molecule has 0 radical (unpaired) electrons. The number of nitrogens with zero attached hydrogens (tertiary/aromatic N) is 2. The van der Waals surface area contributed by atoms with E-state index in [1.807, 2.05) is 49.4 Å². The van der Waals surface area contributed by atoms with Gasteiger partial charge in [0, 0.05) is 25.3 Å². The SMILES string of the molecule is Cc1ccccc1S(=O)(=O)N1CCC2(CC1)CN(c1ccccc1)C2=O. The van der Waals surface area contributed by atoms with Crippen LogP contribution in [-0.4, -0.2) is 38.3 Å². The summed E-state index contributed by atoms with van der Waals surface area (Å²) in [7, 11) is -3.50. The number of para-hydroxylation sites is 1. The van der Waals surface area contributed by atoms with Crippen LogP contribution in [0.25, 0.3) is 0 Å². The lowest BCUT2D eigenvalue weighted by atomic mass is 9.71. The molecule has 0 aliphatic carbocycles. The number of hydrogen-bond acceptors (Lipinski definition) is 3. The van der Waals surface area contributed by atoms with E-state index < -0.39 is 15.4 Å². The van der Waals surface area contributed by atoms with Gasteiger partial charge in [-0.25, -0.2) is 8.42 Å². The molecule has 0 unspecified atom stereocenters. The van der Waals surface area contributed by atoms with Gasteiger partial charge in [-0.05, 0) is 43.5 Å². The third-order valence-corrected chi connectivity index (χ3v) is 7.68. The monoisotopic (exact) mass is 370 g/mol. The molecule has 2 aliphatic heterocycles. The van der Waals surface area contributed by atoms with E-state index in [1.54, 1.807) is 17.0 Å². The third-order valence-electron chi connectivity index (χ3n) is 5.62. The van der Waals surface area contributed by atoms with E-state index in [4.69, 9.17) is 0 Å². The fourth-order valence-electron chi connectivity index (χ4n) is 3.97. The molecule has 1 spiro atoms. The molecule has 1 amide bonds. The molecular weight excluding hydrogens is 348 g/mol. The summed E-state index contributed by atoms with van der Waals surface area (Å²) in [6.45, 7) is 3.27. The first-order valence-electron chi connectivity index (χ1n) is 8.87. The Hall–Kier alpha value is -2.18. The summed E-state index contributed by atoms with van der Waals surface area (Å²) in [4.78, 5) is 14.9. The summed E-state index contributed by atoms with van der Waals surface area (Å²) in [6, 6.07) is 16.7. The van der Waals surface area contributed by atoms with Crippen molar-refractivity contribution in [2.75, 3.05) is 24.5 Å². The fourth-order valence-corrected chi connectivity index (χ4v) is 5.63. The number of carbonyl (C=O) groups is 1. The normalized spacial score (nSPS) is 20.2. The lowest BCUT2D eigenvalue weighted by Crippen LogP contribution is -2.65. The number of hydrogen-bond donors (Lipinski definition) is 0. The second-order valence-electron chi connectivity index (χ2n) is 7.18. The van der Waals surface area contributed by atoms with Crippen molar-refractivity contribution in [1.82, 2.24) is 4.31 Å². The van der Waals surface area contributed by atoms with E-state index in [2.05, 4.69) is 0 Å². The van der Waals surface area contributed by atoms with Crippen LogP contribution in [0.15, 0.2) is 59.5 Å². The highest BCUT2D eigenvalue weighted by Crippen LogP contribution is 2.44. The molecule has 26 heavy (non-hydrogen) atoms. The van der Waals surface area contributed by atoms with Crippen LogP contribution >= 0.6 is 0 Å². The highest BCUT2D eigenvalue weighted by atomic mass is 32.2. The van der Waals surface area contributed by atoms with Gasteiger partial charge in [0.1, 0.15) is 0 Å². The van der Waals surface area contributed by atoms with Gasteiger partial charge in [-0.1, -0.05) is 36.4 Å². The van der Waals surface area contributed by atoms with Crippen LogP contribution in [0.2, 0.25) is 0 Å². The van der Waals surface area contributed by atoms with Crippen molar-refractivity contribution in [3.63, 3.8) is 0 Å². The molecule has 2 heterocycles. The van der Waals surface area contributed by atoms with Gasteiger partial charge >= 0.3 is 0 Å². The summed E-state index contributed by atoms with van der Waals surface area (Å²) in [5.74, 6) is 0.122. The summed E-state index contributed by atoms with van der Waals surface area (Å²) >= 11 is 0. The molecule has 2 aromatic rings. The van der Waals surface area contributed by atoms with Crippen LogP contribution in [-0.2, 0) is 14.8 Å². The van der Waals surface area contributed by atoms with Gasteiger partial charge in [-0.3, -0.25) is 4.79 Å². The van der Waals surface area contributed by atoms with Crippen LogP contribution in [0, 0.1) is 12.3 Å². The van der Waals surface area contributed by atoms with E-state index in [0.717, 1.165) is 11.3 Å². The zero-order valence-corrected chi connectivity index (χ0v) is 15.6. The van der Waals surface area contributed by atoms with Crippen molar-refractivity contribution in [2.24, 2.45) is 5.41 Å². The largest absolute Gasteiger partial charge is 0.311 e. The van der Waals surface area contributed by atoms with Crippen LogP contribution in [0.5, 0.6) is 0 Å². The Morgan fingerprint density at radius 3 is 2.15 bits per heavy atom. The first-order chi connectivity index (χ1) is 12.4. The van der Waals surface area contributed by atoms with Crippen LogP contribution in [0.4, 0.5) is 5.69 Å². The third kappa shape index (κ3) is 2.64. The molecule has 4 rings (SSSR count). The van der Waals surface area contributed by atoms with Crippen molar-refractivity contribution < 1.29 is 13.2 Å². The smallest absolute Gasteiger partial charge is 0.243 e. The second kappa shape index (κ2) is 6.21. The van der Waals surface area contributed by atoms with Crippen molar-refractivity contribution in [2.45, 2.75) is 24.7 Å². The van der Waals surface area contributed by atoms with Crippen LogP contribution in [0.1, 0.15) is 18.4 Å². The Kier molecular flexibility index (Phi) is 4.12. The molecule has 2 aliphatic rings. The number of piperidine rings is 1. The van der Waals surface area contributed by atoms with Crippen LogP contribution in [0.3, 0.4) is 0 Å². The summed E-state index contributed by atoms with van der Waals surface area (Å²) < 4.78 is 27.4. The molecule has 2 saturated heterocycles. The Labute approximate surface area is 154 Å². The standard InChI is InChI=1S/C20H22N2O3S/c1-16-7-5-6-10-18(16)26(24,25)21-13-11-20(12-14-21)15-22(19(20)23)17-8-3-2-4-9-17/h2-10H,11-15H2,1H3. The first-order valence-corrected chi connectivity index (χ1v) is 10.3. The van der Waals surface area contributed by atoms with Crippen molar-refractivity contribution >= 4 is 21.6 Å².